The topological polar surface area (TPSA) is 80.3 Å². The first-order chi connectivity index (χ1) is 14.6. The van der Waals surface area contributed by atoms with Crippen molar-refractivity contribution in [1.82, 2.24) is 10.3 Å². The van der Waals surface area contributed by atoms with E-state index in [2.05, 4.69) is 15.6 Å². The van der Waals surface area contributed by atoms with Crippen LogP contribution in [0.4, 0.5) is 5.13 Å². The van der Waals surface area contributed by atoms with E-state index in [0.29, 0.717) is 17.2 Å². The molecule has 1 aromatic heterocycles. The molecular weight excluding hydrogens is 398 g/mol. The zero-order valence-corrected chi connectivity index (χ0v) is 17.5. The van der Waals surface area contributed by atoms with Crippen molar-refractivity contribution < 1.29 is 14.3 Å². The van der Waals surface area contributed by atoms with Gasteiger partial charge in [0.2, 0.25) is 5.91 Å². The summed E-state index contributed by atoms with van der Waals surface area (Å²) in [6.07, 6.45) is 2.57. The Hall–Kier alpha value is -3.19. The van der Waals surface area contributed by atoms with Gasteiger partial charge in [0.15, 0.2) is 5.13 Å². The molecule has 0 saturated heterocycles. The second-order valence-electron chi connectivity index (χ2n) is 7.16. The number of carbonyl (C=O) groups excluding carboxylic acids is 2. The van der Waals surface area contributed by atoms with E-state index < -0.39 is 0 Å². The molecule has 1 aliphatic rings. The molecule has 0 aliphatic heterocycles. The van der Waals surface area contributed by atoms with Gasteiger partial charge in [-0.15, -0.1) is 11.3 Å². The number of thiazole rings is 1. The van der Waals surface area contributed by atoms with Gasteiger partial charge in [0.1, 0.15) is 5.75 Å². The van der Waals surface area contributed by atoms with E-state index in [1.54, 1.807) is 19.2 Å². The quantitative estimate of drug-likeness (QED) is 0.627. The lowest BCUT2D eigenvalue weighted by atomic mass is 9.90. The maximum absolute atomic E-state index is 12.9. The van der Waals surface area contributed by atoms with Crippen LogP contribution in [-0.4, -0.2) is 23.9 Å². The molecule has 4 rings (SSSR count). The molecule has 1 atom stereocenters. The van der Waals surface area contributed by atoms with Gasteiger partial charge in [0.05, 0.1) is 18.7 Å². The van der Waals surface area contributed by atoms with E-state index in [4.69, 9.17) is 4.74 Å². The van der Waals surface area contributed by atoms with Crippen molar-refractivity contribution in [1.29, 1.82) is 0 Å². The molecule has 0 saturated carbocycles. The van der Waals surface area contributed by atoms with Crippen LogP contribution in [0.3, 0.4) is 0 Å². The van der Waals surface area contributed by atoms with Crippen LogP contribution in [0.5, 0.6) is 5.75 Å². The normalized spacial score (nSPS) is 15.2. The van der Waals surface area contributed by atoms with Gasteiger partial charge in [0.25, 0.3) is 5.91 Å². The first-order valence-electron chi connectivity index (χ1n) is 9.90. The van der Waals surface area contributed by atoms with Crippen LogP contribution in [0, 0.1) is 0 Å². The third-order valence-corrected chi connectivity index (χ3v) is 6.17. The van der Waals surface area contributed by atoms with Crippen molar-refractivity contribution in [2.75, 3.05) is 12.4 Å². The molecule has 6 nitrogen and oxygen atoms in total. The largest absolute Gasteiger partial charge is 0.497 e. The first-order valence-corrected chi connectivity index (χ1v) is 10.7. The van der Waals surface area contributed by atoms with Gasteiger partial charge in [-0.2, -0.15) is 0 Å². The lowest BCUT2D eigenvalue weighted by molar-refractivity contribution is -0.123. The van der Waals surface area contributed by atoms with Gasteiger partial charge >= 0.3 is 0 Å². The third-order valence-electron chi connectivity index (χ3n) is 5.13. The van der Waals surface area contributed by atoms with Crippen LogP contribution in [0.2, 0.25) is 0 Å². The van der Waals surface area contributed by atoms with Crippen LogP contribution < -0.4 is 15.4 Å². The minimum absolute atomic E-state index is 0.0370. The fourth-order valence-electron chi connectivity index (χ4n) is 3.58. The second-order valence-corrected chi connectivity index (χ2v) is 8.25. The van der Waals surface area contributed by atoms with Crippen molar-refractivity contribution in [3.63, 3.8) is 0 Å². The number of nitrogens with one attached hydrogen (secondary N) is 2. The predicted molar refractivity (Wildman–Crippen MR) is 117 cm³/mol. The maximum Gasteiger partial charge on any atom is 0.257 e. The number of hydrogen-bond acceptors (Lipinski definition) is 5. The second kappa shape index (κ2) is 9.09. The van der Waals surface area contributed by atoms with Gasteiger partial charge < -0.3 is 10.1 Å². The van der Waals surface area contributed by atoms with Crippen molar-refractivity contribution in [3.8, 4) is 5.75 Å². The van der Waals surface area contributed by atoms with E-state index in [0.717, 1.165) is 41.1 Å². The predicted octanol–water partition coefficient (Wildman–Crippen LogP) is 4.14. The SMILES string of the molecule is COc1cccc(CNC(=O)[C@H]2CCCc3sc(NC(=O)c4ccccc4)nc32)c1. The van der Waals surface area contributed by atoms with Crippen molar-refractivity contribution in [3.05, 3.63) is 76.3 Å². The molecule has 0 unspecified atom stereocenters. The van der Waals surface area contributed by atoms with E-state index in [1.807, 2.05) is 42.5 Å². The number of methoxy groups -OCH3 is 1. The molecule has 154 valence electrons. The summed E-state index contributed by atoms with van der Waals surface area (Å²) in [5.41, 5.74) is 2.35. The molecule has 2 N–H and O–H groups in total. The summed E-state index contributed by atoms with van der Waals surface area (Å²) in [6.45, 7) is 0.434. The number of rotatable bonds is 6. The highest BCUT2D eigenvalue weighted by molar-refractivity contribution is 7.16. The van der Waals surface area contributed by atoms with E-state index in [-0.39, 0.29) is 17.7 Å². The monoisotopic (exact) mass is 421 g/mol. The number of ether oxygens (including phenoxy) is 1. The molecule has 0 radical (unpaired) electrons. The van der Waals surface area contributed by atoms with Gasteiger partial charge in [0, 0.05) is 17.0 Å². The van der Waals surface area contributed by atoms with Crippen molar-refractivity contribution in [2.45, 2.75) is 31.7 Å². The number of nitrogens with zero attached hydrogens (tertiary/aromatic N) is 1. The summed E-state index contributed by atoms with van der Waals surface area (Å²) in [4.78, 5) is 31.0. The van der Waals surface area contributed by atoms with Crippen molar-refractivity contribution in [2.24, 2.45) is 0 Å². The summed E-state index contributed by atoms with van der Waals surface area (Å²) in [7, 11) is 1.62. The summed E-state index contributed by atoms with van der Waals surface area (Å²) in [5.74, 6) is 0.240. The Bertz CT molecular complexity index is 1050. The number of carbonyl (C=O) groups is 2. The Labute approximate surface area is 179 Å². The van der Waals surface area contributed by atoms with Crippen LogP contribution in [0.15, 0.2) is 54.6 Å². The zero-order valence-electron chi connectivity index (χ0n) is 16.7. The van der Waals surface area contributed by atoms with E-state index >= 15 is 0 Å². The fourth-order valence-corrected chi connectivity index (χ4v) is 4.64. The van der Waals surface area contributed by atoms with Crippen LogP contribution in [0.25, 0.3) is 0 Å². The molecule has 0 fully saturated rings. The van der Waals surface area contributed by atoms with E-state index in [9.17, 15) is 9.59 Å². The van der Waals surface area contributed by atoms with Crippen LogP contribution >= 0.6 is 11.3 Å². The summed E-state index contributed by atoms with van der Waals surface area (Å²) < 4.78 is 5.24. The molecule has 3 aromatic rings. The molecule has 0 bridgehead atoms. The lowest BCUT2D eigenvalue weighted by Gasteiger charge is -2.20. The Balaban J connectivity index is 1.44. The number of anilines is 1. The Morgan fingerprint density at radius 2 is 2.00 bits per heavy atom. The van der Waals surface area contributed by atoms with Crippen molar-refractivity contribution >= 4 is 28.3 Å². The highest BCUT2D eigenvalue weighted by Gasteiger charge is 2.30. The van der Waals surface area contributed by atoms with Crippen LogP contribution in [-0.2, 0) is 17.8 Å². The van der Waals surface area contributed by atoms with Gasteiger partial charge in [-0.1, -0.05) is 30.3 Å². The third kappa shape index (κ3) is 4.52. The fraction of sp³-hybridized carbons (Fsp3) is 0.261. The molecule has 1 heterocycles. The number of hydrogen-bond donors (Lipinski definition) is 2. The standard InChI is InChI=1S/C23H23N3O3S/c1-29-17-10-5-7-15(13-17)14-24-22(28)18-11-6-12-19-20(18)25-23(30-19)26-21(27)16-8-3-2-4-9-16/h2-5,7-10,13,18H,6,11-12,14H2,1H3,(H,24,28)(H,25,26,27)/t18-/m0/s1. The molecule has 0 spiro atoms. The van der Waals surface area contributed by atoms with Gasteiger partial charge in [-0.3, -0.25) is 14.9 Å². The number of benzene rings is 2. The molecule has 7 heteroatoms. The summed E-state index contributed by atoms with van der Waals surface area (Å²) in [6, 6.07) is 16.7. The minimum Gasteiger partial charge on any atom is -0.497 e. The average molecular weight is 422 g/mol. The summed E-state index contributed by atoms with van der Waals surface area (Å²) in [5, 5.41) is 6.43. The average Bonchev–Trinajstić information content (AvgIpc) is 3.20. The van der Waals surface area contributed by atoms with E-state index in [1.165, 1.54) is 11.3 Å². The number of aromatic nitrogens is 1. The highest BCUT2D eigenvalue weighted by atomic mass is 32.1. The first kappa shape index (κ1) is 20.1. The number of fused-ring (bicyclic) bond motifs is 1. The smallest absolute Gasteiger partial charge is 0.257 e. The highest BCUT2D eigenvalue weighted by Crippen LogP contribution is 2.37. The Kier molecular flexibility index (Phi) is 6.09. The molecular formula is C23H23N3O3S. The zero-order chi connectivity index (χ0) is 20.9. The van der Waals surface area contributed by atoms with Gasteiger partial charge in [-0.05, 0) is 49.1 Å². The van der Waals surface area contributed by atoms with Crippen LogP contribution in [0.1, 0.15) is 45.3 Å². The molecule has 1 aliphatic carbocycles. The minimum atomic E-state index is -0.294. The van der Waals surface area contributed by atoms with Gasteiger partial charge in [-0.25, -0.2) is 4.98 Å². The number of amides is 2. The number of aryl methyl sites for hydroxylation is 1. The Morgan fingerprint density at radius 3 is 2.80 bits per heavy atom. The lowest BCUT2D eigenvalue weighted by Crippen LogP contribution is -2.31. The summed E-state index contributed by atoms with van der Waals surface area (Å²) >= 11 is 1.46. The maximum atomic E-state index is 12.9. The molecule has 2 aromatic carbocycles. The molecule has 30 heavy (non-hydrogen) atoms. The molecule has 2 amide bonds. The Morgan fingerprint density at radius 1 is 1.17 bits per heavy atom.